The van der Waals surface area contributed by atoms with Gasteiger partial charge in [0.1, 0.15) is 0 Å². The van der Waals surface area contributed by atoms with Gasteiger partial charge in [-0.2, -0.15) is 0 Å². The van der Waals surface area contributed by atoms with E-state index in [2.05, 4.69) is 60.8 Å². The quantitative estimate of drug-likeness (QED) is 0.827. The van der Waals surface area contributed by atoms with Gasteiger partial charge in [0.2, 0.25) is 0 Å². The Morgan fingerprint density at radius 3 is 2.20 bits per heavy atom. The molecule has 1 nitrogen and oxygen atoms in total. The summed E-state index contributed by atoms with van der Waals surface area (Å²) in [4.78, 5) is 0. The molecule has 20 heavy (non-hydrogen) atoms. The van der Waals surface area contributed by atoms with Gasteiger partial charge in [0.05, 0.1) is 0 Å². The maximum absolute atomic E-state index is 3.68. The number of hydrogen-bond donors (Lipinski definition) is 1. The largest absolute Gasteiger partial charge is 0.316 e. The van der Waals surface area contributed by atoms with Gasteiger partial charge in [0.15, 0.2) is 0 Å². The number of rotatable bonds is 4. The minimum Gasteiger partial charge on any atom is -0.316 e. The van der Waals surface area contributed by atoms with E-state index in [1.807, 2.05) is 0 Å². The van der Waals surface area contributed by atoms with Gasteiger partial charge in [-0.3, -0.25) is 0 Å². The average molecular weight is 263 g/mol. The maximum atomic E-state index is 3.68. The molecule has 0 saturated carbocycles. The Morgan fingerprint density at radius 1 is 1.00 bits per heavy atom. The van der Waals surface area contributed by atoms with Crippen molar-refractivity contribution >= 4 is 0 Å². The predicted molar refractivity (Wildman–Crippen MR) is 83.3 cm³/mol. The number of hydrogen-bond acceptors (Lipinski definition) is 1. The Bertz CT molecular complexity index is 596. The molecule has 0 heterocycles. The Hall–Kier alpha value is -1.60. The Kier molecular flexibility index (Phi) is 2.71. The summed E-state index contributed by atoms with van der Waals surface area (Å²) in [5.41, 5.74) is 6.46. The average Bonchev–Trinajstić information content (AvgIpc) is 3.01. The van der Waals surface area contributed by atoms with Crippen LogP contribution in [0.15, 0.2) is 48.5 Å². The fraction of sp³-hybridized carbons (Fsp3) is 0.368. The third-order valence-corrected chi connectivity index (χ3v) is 5.11. The minimum absolute atomic E-state index is 0.215. The summed E-state index contributed by atoms with van der Waals surface area (Å²) in [7, 11) is 0. The number of nitrogens with one attached hydrogen (secondary N) is 1. The van der Waals surface area contributed by atoms with E-state index in [-0.39, 0.29) is 5.41 Å². The zero-order chi connectivity index (χ0) is 13.6. The van der Waals surface area contributed by atoms with E-state index in [1.54, 1.807) is 22.3 Å². The van der Waals surface area contributed by atoms with Gasteiger partial charge in [0.25, 0.3) is 0 Å². The Morgan fingerprint density at radius 2 is 1.60 bits per heavy atom. The van der Waals surface area contributed by atoms with E-state index in [9.17, 15) is 0 Å². The third-order valence-electron chi connectivity index (χ3n) is 5.11. The first-order valence-electron chi connectivity index (χ1n) is 7.76. The van der Waals surface area contributed by atoms with E-state index in [4.69, 9.17) is 0 Å². The van der Waals surface area contributed by atoms with E-state index < -0.39 is 0 Å². The van der Waals surface area contributed by atoms with Gasteiger partial charge in [-0.1, -0.05) is 55.5 Å². The fourth-order valence-electron chi connectivity index (χ4n) is 4.32. The summed E-state index contributed by atoms with van der Waals surface area (Å²) >= 11 is 0. The van der Waals surface area contributed by atoms with Crippen molar-refractivity contribution in [1.29, 1.82) is 0 Å². The molecule has 0 saturated heterocycles. The molecule has 102 valence electrons. The van der Waals surface area contributed by atoms with Crippen LogP contribution < -0.4 is 5.32 Å². The van der Waals surface area contributed by atoms with Crippen LogP contribution in [0.4, 0.5) is 0 Å². The molecule has 0 aliphatic heterocycles. The molecule has 2 aliphatic carbocycles. The molecule has 0 unspecified atom stereocenters. The van der Waals surface area contributed by atoms with Crippen molar-refractivity contribution < 1.29 is 0 Å². The topological polar surface area (TPSA) is 12.0 Å². The van der Waals surface area contributed by atoms with Crippen molar-refractivity contribution in [2.45, 2.75) is 31.1 Å². The van der Waals surface area contributed by atoms with E-state index in [1.165, 1.54) is 12.8 Å². The van der Waals surface area contributed by atoms with Gasteiger partial charge in [-0.25, -0.2) is 0 Å². The van der Waals surface area contributed by atoms with Crippen LogP contribution in [-0.4, -0.2) is 13.1 Å². The Labute approximate surface area is 121 Å². The highest BCUT2D eigenvalue weighted by atomic mass is 14.9. The molecule has 0 aromatic heterocycles. The van der Waals surface area contributed by atoms with Gasteiger partial charge < -0.3 is 5.32 Å². The van der Waals surface area contributed by atoms with Crippen molar-refractivity contribution in [2.75, 3.05) is 13.1 Å². The molecular formula is C19H21N. The van der Waals surface area contributed by atoms with Crippen molar-refractivity contribution in [3.63, 3.8) is 0 Å². The normalized spacial score (nSPS) is 25.6. The van der Waals surface area contributed by atoms with E-state index in [0.29, 0.717) is 5.92 Å². The second-order valence-electron chi connectivity index (χ2n) is 6.19. The molecule has 1 heteroatoms. The standard InChI is InChI=1S/C19H21N/c1-2-11-20-13-19-12-16(14-7-3-5-9-17(14)19)15-8-4-6-10-18(15)19/h3-10,16,20H,2,11-13H2,1H3. The smallest absolute Gasteiger partial charge is 0.0342 e. The molecule has 2 aromatic carbocycles. The van der Waals surface area contributed by atoms with Gasteiger partial charge >= 0.3 is 0 Å². The van der Waals surface area contributed by atoms with Crippen LogP contribution in [0.1, 0.15) is 47.9 Å². The second-order valence-corrected chi connectivity index (χ2v) is 6.19. The van der Waals surface area contributed by atoms with Crippen LogP contribution in [0.5, 0.6) is 0 Å². The molecule has 2 aliphatic rings. The summed E-state index contributed by atoms with van der Waals surface area (Å²) < 4.78 is 0. The lowest BCUT2D eigenvalue weighted by molar-refractivity contribution is 0.476. The van der Waals surface area contributed by atoms with Crippen LogP contribution >= 0.6 is 0 Å². The van der Waals surface area contributed by atoms with Crippen LogP contribution in [0.25, 0.3) is 0 Å². The lowest BCUT2D eigenvalue weighted by Gasteiger charge is -2.31. The van der Waals surface area contributed by atoms with Crippen LogP contribution in [-0.2, 0) is 5.41 Å². The molecule has 0 radical (unpaired) electrons. The highest BCUT2D eigenvalue weighted by molar-refractivity contribution is 5.62. The number of benzene rings is 2. The zero-order valence-corrected chi connectivity index (χ0v) is 12.0. The monoisotopic (exact) mass is 263 g/mol. The van der Waals surface area contributed by atoms with Crippen molar-refractivity contribution in [2.24, 2.45) is 0 Å². The van der Waals surface area contributed by atoms with Gasteiger partial charge in [0, 0.05) is 17.9 Å². The number of fused-ring (bicyclic) bond motifs is 8. The second kappa shape index (κ2) is 4.46. The van der Waals surface area contributed by atoms with E-state index in [0.717, 1.165) is 13.1 Å². The summed E-state index contributed by atoms with van der Waals surface area (Å²) in [6, 6.07) is 18.1. The fourth-order valence-corrected chi connectivity index (χ4v) is 4.32. The van der Waals surface area contributed by atoms with Crippen LogP contribution in [0, 0.1) is 0 Å². The van der Waals surface area contributed by atoms with Crippen molar-refractivity contribution in [3.8, 4) is 0 Å². The van der Waals surface area contributed by atoms with Crippen LogP contribution in [0.3, 0.4) is 0 Å². The van der Waals surface area contributed by atoms with Gasteiger partial charge in [-0.15, -0.1) is 0 Å². The molecule has 0 atom stereocenters. The van der Waals surface area contributed by atoms with Crippen molar-refractivity contribution in [1.82, 2.24) is 5.32 Å². The summed E-state index contributed by atoms with van der Waals surface area (Å²) in [5, 5.41) is 3.68. The summed E-state index contributed by atoms with van der Waals surface area (Å²) in [6.45, 7) is 4.42. The van der Waals surface area contributed by atoms with Gasteiger partial charge in [-0.05, 0) is 41.6 Å². The first-order chi connectivity index (χ1) is 9.87. The predicted octanol–water partition coefficient (Wildman–Crippen LogP) is 3.82. The Balaban J connectivity index is 1.84. The molecule has 0 amide bonds. The maximum Gasteiger partial charge on any atom is 0.0342 e. The highest BCUT2D eigenvalue weighted by Crippen LogP contribution is 2.59. The minimum atomic E-state index is 0.215. The molecule has 4 rings (SSSR count). The highest BCUT2D eigenvalue weighted by Gasteiger charge is 2.51. The first kappa shape index (κ1) is 12.2. The lowest BCUT2D eigenvalue weighted by Crippen LogP contribution is -2.37. The zero-order valence-electron chi connectivity index (χ0n) is 12.0. The summed E-state index contributed by atoms with van der Waals surface area (Å²) in [5.74, 6) is 0.617. The molecule has 2 aromatic rings. The molecular weight excluding hydrogens is 242 g/mol. The lowest BCUT2D eigenvalue weighted by atomic mass is 9.75. The SMILES string of the molecule is CCCNCC12CC(c3ccccc31)c1ccccc12. The third kappa shape index (κ3) is 1.47. The van der Waals surface area contributed by atoms with Crippen LogP contribution in [0.2, 0.25) is 0 Å². The molecule has 0 spiro atoms. The summed E-state index contributed by atoms with van der Waals surface area (Å²) in [6.07, 6.45) is 2.45. The molecule has 0 fully saturated rings. The van der Waals surface area contributed by atoms with E-state index >= 15 is 0 Å². The first-order valence-corrected chi connectivity index (χ1v) is 7.76. The molecule has 1 N–H and O–H groups in total. The van der Waals surface area contributed by atoms with Crippen molar-refractivity contribution in [3.05, 3.63) is 70.8 Å². The molecule has 2 bridgehead atoms.